The number of aliphatic hydroxyl groups excluding tert-OH is 1. The van der Waals surface area contributed by atoms with Crippen LogP contribution in [0.1, 0.15) is 31.2 Å². The molecule has 0 fully saturated rings. The molecule has 0 aliphatic carbocycles. The molecule has 0 unspecified atom stereocenters. The molecule has 7 nitrogen and oxygen atoms in total. The lowest BCUT2D eigenvalue weighted by Gasteiger charge is -2.18. The first-order valence-electron chi connectivity index (χ1n) is 7.07. The quantitative estimate of drug-likeness (QED) is 0.405. The van der Waals surface area contributed by atoms with Gasteiger partial charge in [0.2, 0.25) is 5.91 Å². The third-order valence-corrected chi connectivity index (χ3v) is 3.46. The molecule has 0 radical (unpaired) electrons. The highest BCUT2D eigenvalue weighted by molar-refractivity contribution is 5.95. The molecule has 0 atom stereocenters. The van der Waals surface area contributed by atoms with Crippen molar-refractivity contribution in [2.24, 2.45) is 0 Å². The number of aryl methyl sites for hydroxylation is 1. The highest BCUT2D eigenvalue weighted by atomic mass is 16.6. The van der Waals surface area contributed by atoms with Crippen LogP contribution < -0.4 is 10.6 Å². The Labute approximate surface area is 122 Å². The van der Waals surface area contributed by atoms with Gasteiger partial charge in [0.05, 0.1) is 4.92 Å². The molecule has 2 rings (SSSR count). The normalized spacial score (nSPS) is 13.5. The van der Waals surface area contributed by atoms with Crippen LogP contribution in [-0.4, -0.2) is 29.1 Å². The van der Waals surface area contributed by atoms with Crippen molar-refractivity contribution < 1.29 is 14.8 Å². The van der Waals surface area contributed by atoms with Gasteiger partial charge in [-0.2, -0.15) is 0 Å². The lowest BCUT2D eigenvalue weighted by atomic mass is 10.0. The summed E-state index contributed by atoms with van der Waals surface area (Å²) in [5, 5.41) is 25.6. The Morgan fingerprint density at radius 1 is 1.29 bits per heavy atom. The number of nitro groups is 1. The van der Waals surface area contributed by atoms with Crippen LogP contribution in [0.25, 0.3) is 0 Å². The highest BCUT2D eigenvalue weighted by Gasteiger charge is 2.22. The zero-order chi connectivity index (χ0) is 15.2. The molecule has 0 bridgehead atoms. The second-order valence-corrected chi connectivity index (χ2v) is 5.04. The summed E-state index contributed by atoms with van der Waals surface area (Å²) in [4.78, 5) is 22.1. The van der Waals surface area contributed by atoms with Crippen LogP contribution in [0, 0.1) is 10.1 Å². The Hall–Kier alpha value is -2.15. The summed E-state index contributed by atoms with van der Waals surface area (Å²) in [5.74, 6) is -0.0646. The number of benzene rings is 1. The fraction of sp³-hybridized carbons (Fsp3) is 0.500. The Balaban J connectivity index is 2.12. The van der Waals surface area contributed by atoms with Crippen LogP contribution >= 0.6 is 0 Å². The van der Waals surface area contributed by atoms with Gasteiger partial charge in [0.15, 0.2) is 0 Å². The second kappa shape index (κ2) is 7.03. The summed E-state index contributed by atoms with van der Waals surface area (Å²) in [6.07, 6.45) is 3.29. The van der Waals surface area contributed by atoms with Crippen molar-refractivity contribution in [2.45, 2.75) is 32.1 Å². The van der Waals surface area contributed by atoms with Crippen molar-refractivity contribution in [3.63, 3.8) is 0 Å². The topological polar surface area (TPSA) is 104 Å². The number of aliphatic hydroxyl groups is 1. The van der Waals surface area contributed by atoms with Gasteiger partial charge in [0, 0.05) is 31.3 Å². The largest absolute Gasteiger partial charge is 0.396 e. The van der Waals surface area contributed by atoms with Gasteiger partial charge in [-0.15, -0.1) is 0 Å². The number of fused-ring (bicyclic) bond motifs is 1. The van der Waals surface area contributed by atoms with Crippen LogP contribution in [0.3, 0.4) is 0 Å². The monoisotopic (exact) mass is 293 g/mol. The summed E-state index contributed by atoms with van der Waals surface area (Å²) in [5.41, 5.74) is 1.90. The molecule has 1 aliphatic rings. The van der Waals surface area contributed by atoms with E-state index in [0.29, 0.717) is 30.8 Å². The molecule has 1 aromatic rings. The molecule has 1 heterocycles. The molecule has 0 saturated heterocycles. The zero-order valence-corrected chi connectivity index (χ0v) is 11.7. The number of hydrogen-bond acceptors (Lipinski definition) is 5. The van der Waals surface area contributed by atoms with Crippen molar-refractivity contribution in [3.8, 4) is 0 Å². The maximum Gasteiger partial charge on any atom is 0.292 e. The van der Waals surface area contributed by atoms with E-state index in [2.05, 4.69) is 10.6 Å². The van der Waals surface area contributed by atoms with Crippen molar-refractivity contribution in [3.05, 3.63) is 27.8 Å². The molecular weight excluding hydrogens is 274 g/mol. The van der Waals surface area contributed by atoms with E-state index >= 15 is 0 Å². The minimum absolute atomic E-state index is 0.0343. The maximum absolute atomic E-state index is 11.4. The van der Waals surface area contributed by atoms with Gasteiger partial charge in [-0.25, -0.2) is 0 Å². The van der Waals surface area contributed by atoms with E-state index in [1.807, 2.05) is 0 Å². The number of carbonyl (C=O) groups is 1. The van der Waals surface area contributed by atoms with E-state index in [0.717, 1.165) is 24.8 Å². The Morgan fingerprint density at radius 3 is 2.81 bits per heavy atom. The number of nitro benzene ring substituents is 1. The average Bonchev–Trinajstić information content (AvgIpc) is 2.46. The van der Waals surface area contributed by atoms with E-state index in [1.54, 1.807) is 6.07 Å². The van der Waals surface area contributed by atoms with E-state index in [4.69, 9.17) is 5.11 Å². The minimum Gasteiger partial charge on any atom is -0.396 e. The van der Waals surface area contributed by atoms with E-state index in [-0.39, 0.29) is 18.2 Å². The summed E-state index contributed by atoms with van der Waals surface area (Å²) < 4.78 is 0. The number of amides is 1. The van der Waals surface area contributed by atoms with Crippen molar-refractivity contribution in [2.75, 3.05) is 23.8 Å². The first-order valence-corrected chi connectivity index (χ1v) is 7.07. The number of rotatable bonds is 7. The highest BCUT2D eigenvalue weighted by Crippen LogP contribution is 2.34. The molecule has 7 heteroatoms. The number of carbonyl (C=O) groups excluding carboxylic acids is 1. The third-order valence-electron chi connectivity index (χ3n) is 3.46. The number of nitrogens with one attached hydrogen (secondary N) is 2. The molecule has 21 heavy (non-hydrogen) atoms. The van der Waals surface area contributed by atoms with Crippen LogP contribution in [0.5, 0.6) is 0 Å². The predicted molar refractivity (Wildman–Crippen MR) is 79.5 cm³/mol. The van der Waals surface area contributed by atoms with Gasteiger partial charge in [-0.1, -0.05) is 0 Å². The van der Waals surface area contributed by atoms with Crippen LogP contribution in [-0.2, 0) is 11.2 Å². The maximum atomic E-state index is 11.4. The molecule has 1 aromatic carbocycles. The summed E-state index contributed by atoms with van der Waals surface area (Å²) >= 11 is 0. The lowest BCUT2D eigenvalue weighted by molar-refractivity contribution is -0.384. The smallest absolute Gasteiger partial charge is 0.292 e. The Bertz CT molecular complexity index is 545. The fourth-order valence-electron chi connectivity index (χ4n) is 2.34. The number of nitrogens with zero attached hydrogens (tertiary/aromatic N) is 1. The molecule has 0 spiro atoms. The van der Waals surface area contributed by atoms with Gasteiger partial charge in [-0.3, -0.25) is 14.9 Å². The van der Waals surface area contributed by atoms with Crippen LogP contribution in [0.2, 0.25) is 0 Å². The van der Waals surface area contributed by atoms with E-state index < -0.39 is 4.92 Å². The minimum atomic E-state index is -0.410. The lowest BCUT2D eigenvalue weighted by Crippen LogP contribution is -2.19. The molecule has 1 amide bonds. The molecule has 0 saturated carbocycles. The fourth-order valence-corrected chi connectivity index (χ4v) is 2.34. The van der Waals surface area contributed by atoms with Gasteiger partial charge >= 0.3 is 0 Å². The van der Waals surface area contributed by atoms with Crippen molar-refractivity contribution >= 4 is 23.0 Å². The van der Waals surface area contributed by atoms with E-state index in [9.17, 15) is 14.9 Å². The first kappa shape index (κ1) is 15.2. The summed E-state index contributed by atoms with van der Waals surface area (Å²) in [7, 11) is 0. The zero-order valence-electron chi connectivity index (χ0n) is 11.7. The summed E-state index contributed by atoms with van der Waals surface area (Å²) in [6.45, 7) is 0.749. The van der Waals surface area contributed by atoms with Crippen LogP contribution in [0.15, 0.2) is 12.1 Å². The van der Waals surface area contributed by atoms with Gasteiger partial charge in [0.1, 0.15) is 5.69 Å². The third kappa shape index (κ3) is 3.91. The molecule has 0 aromatic heterocycles. The molecular formula is C14H19N3O4. The van der Waals surface area contributed by atoms with Gasteiger partial charge in [-0.05, 0) is 37.3 Å². The van der Waals surface area contributed by atoms with E-state index in [1.165, 1.54) is 6.07 Å². The number of hydrogen-bond donors (Lipinski definition) is 3. The van der Waals surface area contributed by atoms with Crippen LogP contribution in [0.4, 0.5) is 17.1 Å². The molecule has 3 N–H and O–H groups in total. The first-order chi connectivity index (χ1) is 10.1. The predicted octanol–water partition coefficient (Wildman–Crippen LogP) is 2.05. The second-order valence-electron chi connectivity index (χ2n) is 5.04. The standard InChI is InChI=1S/C14H19N3O4/c18-7-3-1-2-6-15-12-9-11-10(4-5-14(19)16-11)8-13(12)17(20)21/h8-9,15,18H,1-7H2,(H,16,19). The van der Waals surface area contributed by atoms with Gasteiger partial charge < -0.3 is 15.7 Å². The molecule has 114 valence electrons. The molecule has 1 aliphatic heterocycles. The Morgan fingerprint density at radius 2 is 2.10 bits per heavy atom. The SMILES string of the molecule is O=C1CCc2cc([N+](=O)[O-])c(NCCCCCO)cc2N1. The Kier molecular flexibility index (Phi) is 5.10. The van der Waals surface area contributed by atoms with Crippen molar-refractivity contribution in [1.29, 1.82) is 0 Å². The number of unbranched alkanes of at least 4 members (excludes halogenated alkanes) is 2. The summed E-state index contributed by atoms with van der Waals surface area (Å²) in [6, 6.07) is 3.17. The van der Waals surface area contributed by atoms with Gasteiger partial charge in [0.25, 0.3) is 5.69 Å². The average molecular weight is 293 g/mol. The van der Waals surface area contributed by atoms with Crippen molar-refractivity contribution in [1.82, 2.24) is 0 Å². The number of anilines is 2.